The van der Waals surface area contributed by atoms with E-state index >= 15 is 0 Å². The molecular formula is C8H8BBrN2. The molecule has 1 unspecified atom stereocenters. The average molecular weight is 223 g/mol. The summed E-state index contributed by atoms with van der Waals surface area (Å²) in [7, 11) is 5.66. The van der Waals surface area contributed by atoms with Crippen LogP contribution in [-0.2, 0) is 0 Å². The Kier molecular flexibility index (Phi) is 2.63. The van der Waals surface area contributed by atoms with Crippen molar-refractivity contribution >= 4 is 23.8 Å². The van der Waals surface area contributed by atoms with Crippen molar-refractivity contribution in [3.05, 3.63) is 21.2 Å². The summed E-state index contributed by atoms with van der Waals surface area (Å²) in [5.41, 5.74) is 7.17. The second-order valence-electron chi connectivity index (χ2n) is 2.86. The van der Waals surface area contributed by atoms with E-state index < -0.39 is 0 Å². The number of nitrogens with zero attached hydrogens (tertiary/aromatic N) is 1. The van der Waals surface area contributed by atoms with Gasteiger partial charge in [0.25, 0.3) is 0 Å². The zero-order valence-electron chi connectivity index (χ0n) is 6.76. The van der Waals surface area contributed by atoms with Gasteiger partial charge < -0.3 is 5.73 Å². The van der Waals surface area contributed by atoms with Gasteiger partial charge in [-0.25, -0.2) is 0 Å². The molecule has 1 atom stereocenters. The first-order valence-corrected chi connectivity index (χ1v) is 4.41. The van der Waals surface area contributed by atoms with Gasteiger partial charge in [0.05, 0.1) is 6.07 Å². The molecular weight excluding hydrogens is 215 g/mol. The molecule has 2 radical (unpaired) electrons. The highest BCUT2D eigenvalue weighted by Crippen LogP contribution is 2.33. The highest BCUT2D eigenvalue weighted by Gasteiger charge is 2.20. The summed E-state index contributed by atoms with van der Waals surface area (Å²) in [4.78, 5) is 0. The summed E-state index contributed by atoms with van der Waals surface area (Å²) in [6.45, 7) is 1.96. The van der Waals surface area contributed by atoms with E-state index in [-0.39, 0.29) is 5.92 Å². The number of hydrogen-bond acceptors (Lipinski definition) is 2. The minimum Gasteiger partial charge on any atom is -0.399 e. The van der Waals surface area contributed by atoms with E-state index in [0.717, 1.165) is 10.9 Å². The van der Waals surface area contributed by atoms with Gasteiger partial charge in [0.2, 0.25) is 0 Å². The summed E-state index contributed by atoms with van der Waals surface area (Å²) in [5, 5.41) is 8.75. The van der Waals surface area contributed by atoms with Crippen molar-refractivity contribution < 1.29 is 0 Å². The van der Waals surface area contributed by atoms with Crippen LogP contribution < -0.4 is 5.73 Å². The molecule has 1 aliphatic carbocycles. The van der Waals surface area contributed by atoms with Crippen LogP contribution in [0.2, 0.25) is 0 Å². The van der Waals surface area contributed by atoms with Crippen LogP contribution in [0.25, 0.3) is 0 Å². The van der Waals surface area contributed by atoms with Crippen molar-refractivity contribution in [1.29, 1.82) is 5.26 Å². The monoisotopic (exact) mass is 222 g/mol. The van der Waals surface area contributed by atoms with Crippen LogP contribution in [0.3, 0.4) is 0 Å². The van der Waals surface area contributed by atoms with Gasteiger partial charge in [0, 0.05) is 15.8 Å². The zero-order chi connectivity index (χ0) is 9.30. The van der Waals surface area contributed by atoms with Crippen LogP contribution in [0.4, 0.5) is 0 Å². The minimum atomic E-state index is 0.164. The number of nitriles is 1. The molecule has 4 heteroatoms. The molecule has 0 aromatic rings. The Morgan fingerprint density at radius 3 is 2.83 bits per heavy atom. The van der Waals surface area contributed by atoms with E-state index in [1.54, 1.807) is 0 Å². The van der Waals surface area contributed by atoms with Gasteiger partial charge in [-0.15, -0.1) is 0 Å². The van der Waals surface area contributed by atoms with Crippen LogP contribution in [0, 0.1) is 17.2 Å². The molecule has 0 fully saturated rings. The lowest BCUT2D eigenvalue weighted by Crippen LogP contribution is -2.15. The van der Waals surface area contributed by atoms with E-state index in [2.05, 4.69) is 22.0 Å². The first-order chi connectivity index (χ1) is 5.57. The summed E-state index contributed by atoms with van der Waals surface area (Å²) < 4.78 is 0.895. The lowest BCUT2D eigenvalue weighted by Gasteiger charge is -2.21. The first kappa shape index (κ1) is 9.40. The third-order valence-corrected chi connectivity index (χ3v) is 2.72. The Morgan fingerprint density at radius 2 is 2.33 bits per heavy atom. The van der Waals surface area contributed by atoms with Crippen LogP contribution in [-0.4, -0.2) is 7.85 Å². The van der Waals surface area contributed by atoms with Gasteiger partial charge in [0.15, 0.2) is 0 Å². The molecule has 1 rings (SSSR count). The molecule has 0 aliphatic heterocycles. The largest absolute Gasteiger partial charge is 0.399 e. The zero-order valence-corrected chi connectivity index (χ0v) is 8.35. The average Bonchev–Trinajstić information content (AvgIpc) is 2.01. The third-order valence-electron chi connectivity index (χ3n) is 1.97. The van der Waals surface area contributed by atoms with Crippen molar-refractivity contribution in [2.45, 2.75) is 13.3 Å². The molecule has 0 bridgehead atoms. The minimum absolute atomic E-state index is 0.164. The smallest absolute Gasteiger partial charge is 0.118 e. The highest BCUT2D eigenvalue weighted by atomic mass is 79.9. The molecule has 0 spiro atoms. The Balaban J connectivity index is 3.19. The number of rotatable bonds is 0. The molecule has 0 saturated carbocycles. The van der Waals surface area contributed by atoms with Crippen LogP contribution in [0.1, 0.15) is 13.3 Å². The highest BCUT2D eigenvalue weighted by molar-refractivity contribution is 9.11. The Bertz CT molecular complexity index is 312. The molecule has 0 heterocycles. The molecule has 2 N–H and O–H groups in total. The molecule has 2 nitrogen and oxygen atoms in total. The van der Waals surface area contributed by atoms with Crippen LogP contribution in [0.15, 0.2) is 21.2 Å². The van der Waals surface area contributed by atoms with Gasteiger partial charge in [-0.2, -0.15) is 5.26 Å². The molecule has 0 saturated heterocycles. The summed E-state index contributed by atoms with van der Waals surface area (Å²) in [6.07, 6.45) is 0.759. The van der Waals surface area contributed by atoms with Gasteiger partial charge in [-0.3, -0.25) is 0 Å². The molecule has 0 aromatic heterocycles. The maximum Gasteiger partial charge on any atom is 0.118 e. The number of hydrogen-bond donors (Lipinski definition) is 1. The first-order valence-electron chi connectivity index (χ1n) is 3.62. The van der Waals surface area contributed by atoms with Gasteiger partial charge in [-0.1, -0.05) is 28.3 Å². The van der Waals surface area contributed by atoms with E-state index in [4.69, 9.17) is 18.8 Å². The molecule has 60 valence electrons. The van der Waals surface area contributed by atoms with Crippen molar-refractivity contribution in [3.63, 3.8) is 0 Å². The predicted molar refractivity (Wildman–Crippen MR) is 52.3 cm³/mol. The number of nitrogens with two attached hydrogens (primary N) is 1. The maximum atomic E-state index is 8.75. The van der Waals surface area contributed by atoms with Gasteiger partial charge in [0.1, 0.15) is 7.85 Å². The molecule has 0 amide bonds. The summed E-state index contributed by atoms with van der Waals surface area (Å²) >= 11 is 3.32. The molecule has 1 aliphatic rings. The quantitative estimate of drug-likeness (QED) is 0.633. The lowest BCUT2D eigenvalue weighted by atomic mass is 9.78. The maximum absolute atomic E-state index is 8.75. The molecule has 0 aromatic carbocycles. The number of allylic oxidation sites excluding steroid dienone is 3. The van der Waals surface area contributed by atoms with E-state index in [1.807, 2.05) is 6.92 Å². The summed E-state index contributed by atoms with van der Waals surface area (Å²) in [5.74, 6) is 0.164. The topological polar surface area (TPSA) is 49.8 Å². The second-order valence-corrected chi connectivity index (χ2v) is 3.82. The van der Waals surface area contributed by atoms with Crippen LogP contribution >= 0.6 is 15.9 Å². The Morgan fingerprint density at radius 1 is 1.75 bits per heavy atom. The summed E-state index contributed by atoms with van der Waals surface area (Å²) in [6, 6.07) is 2.07. The van der Waals surface area contributed by atoms with E-state index in [0.29, 0.717) is 16.7 Å². The van der Waals surface area contributed by atoms with Crippen molar-refractivity contribution in [1.82, 2.24) is 0 Å². The SMILES string of the molecule is [B]C1=C(C#N)C(C)CC(Br)=C1N. The fraction of sp³-hybridized carbons (Fsp3) is 0.375. The molecule has 12 heavy (non-hydrogen) atoms. The van der Waals surface area contributed by atoms with Crippen molar-refractivity contribution in [2.24, 2.45) is 11.7 Å². The Labute approximate surface area is 81.7 Å². The predicted octanol–water partition coefficient (Wildman–Crippen LogP) is 1.54. The fourth-order valence-electron chi connectivity index (χ4n) is 1.21. The van der Waals surface area contributed by atoms with Crippen molar-refractivity contribution in [2.75, 3.05) is 0 Å². The standard InChI is InChI=1S/C8H8BBrN2/c1-4-2-6(10)8(12)7(9)5(4)3-11/h4H,2,12H2,1H3. The second kappa shape index (κ2) is 3.36. The van der Waals surface area contributed by atoms with E-state index in [9.17, 15) is 0 Å². The third kappa shape index (κ3) is 1.42. The van der Waals surface area contributed by atoms with Gasteiger partial charge in [-0.05, 0) is 12.3 Å². The normalized spacial score (nSPS) is 24.2. The van der Waals surface area contributed by atoms with E-state index in [1.165, 1.54) is 0 Å². The number of halogens is 1. The lowest BCUT2D eigenvalue weighted by molar-refractivity contribution is 0.692. The van der Waals surface area contributed by atoms with Gasteiger partial charge >= 0.3 is 0 Å². The van der Waals surface area contributed by atoms with Crippen LogP contribution in [0.5, 0.6) is 0 Å². The van der Waals surface area contributed by atoms with Crippen molar-refractivity contribution in [3.8, 4) is 6.07 Å². The Hall–Kier alpha value is -0.685. The fourth-order valence-corrected chi connectivity index (χ4v) is 1.91.